The quantitative estimate of drug-likeness (QED) is 0.747. The summed E-state index contributed by atoms with van der Waals surface area (Å²) in [5, 5.41) is 0.116. The number of hydrogen-bond donors (Lipinski definition) is 1. The van der Waals surface area contributed by atoms with Crippen molar-refractivity contribution in [2.24, 2.45) is 17.8 Å². The molecule has 1 aromatic heterocycles. The number of rotatable bonds is 4. The lowest BCUT2D eigenvalue weighted by atomic mass is 9.85. The van der Waals surface area contributed by atoms with Crippen LogP contribution in [-0.4, -0.2) is 9.55 Å². The fraction of sp³-hybridized carbons (Fsp3) is 0.533. The van der Waals surface area contributed by atoms with Crippen molar-refractivity contribution in [1.82, 2.24) is 9.55 Å². The van der Waals surface area contributed by atoms with Gasteiger partial charge in [-0.1, -0.05) is 39.3 Å². The van der Waals surface area contributed by atoms with Crippen molar-refractivity contribution >= 4 is 34.9 Å². The lowest BCUT2D eigenvalue weighted by Crippen LogP contribution is -2.21. The van der Waals surface area contributed by atoms with Gasteiger partial charge in [-0.05, 0) is 36.0 Å². The van der Waals surface area contributed by atoms with Crippen LogP contribution in [0.15, 0.2) is 12.1 Å². The molecule has 0 spiro atoms. The number of benzene rings is 1. The molecular formula is C15H20ClFN2S. The molecule has 0 radical (unpaired) electrons. The smallest absolute Gasteiger partial charge is 0.178 e. The summed E-state index contributed by atoms with van der Waals surface area (Å²) >= 11 is 11.2. The van der Waals surface area contributed by atoms with Crippen LogP contribution in [0.1, 0.15) is 27.7 Å². The molecule has 0 aliphatic heterocycles. The van der Waals surface area contributed by atoms with Crippen molar-refractivity contribution in [1.29, 1.82) is 0 Å². The van der Waals surface area contributed by atoms with Gasteiger partial charge in [0.25, 0.3) is 0 Å². The highest BCUT2D eigenvalue weighted by Gasteiger charge is 2.20. The van der Waals surface area contributed by atoms with E-state index in [9.17, 15) is 4.39 Å². The number of imidazole rings is 1. The Morgan fingerprint density at radius 3 is 2.40 bits per heavy atom. The number of H-pyrrole nitrogens is 1. The van der Waals surface area contributed by atoms with E-state index in [-0.39, 0.29) is 5.02 Å². The first-order valence-electron chi connectivity index (χ1n) is 6.88. The number of nitrogens with zero attached hydrogens (tertiary/aromatic N) is 1. The van der Waals surface area contributed by atoms with E-state index in [4.69, 9.17) is 23.8 Å². The summed E-state index contributed by atoms with van der Waals surface area (Å²) in [5.74, 6) is 1.16. The van der Waals surface area contributed by atoms with Gasteiger partial charge in [0.1, 0.15) is 5.82 Å². The highest BCUT2D eigenvalue weighted by Crippen LogP contribution is 2.27. The van der Waals surface area contributed by atoms with Gasteiger partial charge in [0.2, 0.25) is 0 Å². The van der Waals surface area contributed by atoms with E-state index in [1.54, 1.807) is 6.07 Å². The number of aromatic amines is 1. The summed E-state index contributed by atoms with van der Waals surface area (Å²) in [5.41, 5.74) is 1.57. The van der Waals surface area contributed by atoms with E-state index in [0.29, 0.717) is 22.5 Å². The first-order valence-corrected chi connectivity index (χ1v) is 7.67. The molecule has 1 heterocycles. The molecular weight excluding hydrogens is 295 g/mol. The van der Waals surface area contributed by atoms with E-state index >= 15 is 0 Å². The molecule has 1 N–H and O–H groups in total. The van der Waals surface area contributed by atoms with Crippen molar-refractivity contribution in [2.75, 3.05) is 0 Å². The average Bonchev–Trinajstić information content (AvgIpc) is 2.61. The Morgan fingerprint density at radius 2 is 1.85 bits per heavy atom. The third-order valence-corrected chi connectivity index (χ3v) is 4.53. The Labute approximate surface area is 128 Å². The molecule has 0 bridgehead atoms. The molecule has 0 aliphatic rings. The molecule has 2 aromatic rings. The van der Waals surface area contributed by atoms with Gasteiger partial charge in [-0.3, -0.25) is 0 Å². The largest absolute Gasteiger partial charge is 0.331 e. The molecule has 20 heavy (non-hydrogen) atoms. The first-order chi connectivity index (χ1) is 9.31. The summed E-state index contributed by atoms with van der Waals surface area (Å²) in [6.45, 7) is 9.62. The summed E-state index contributed by atoms with van der Waals surface area (Å²) in [6.07, 6.45) is 0. The zero-order chi connectivity index (χ0) is 15.0. The van der Waals surface area contributed by atoms with Crippen LogP contribution in [0.4, 0.5) is 4.39 Å². The summed E-state index contributed by atoms with van der Waals surface area (Å²) in [4.78, 5) is 3.10. The standard InChI is InChI=1S/C15H20ClFN2S/c1-8(2)10(9(3)4)7-19-14-6-12(17)11(16)5-13(14)18-15(19)20/h5-6,8-10H,7H2,1-4H3,(H,18,20). The number of nitrogens with one attached hydrogen (secondary N) is 1. The van der Waals surface area contributed by atoms with Crippen molar-refractivity contribution in [3.63, 3.8) is 0 Å². The van der Waals surface area contributed by atoms with Crippen molar-refractivity contribution in [2.45, 2.75) is 34.2 Å². The second-order valence-electron chi connectivity index (χ2n) is 5.98. The fourth-order valence-corrected chi connectivity index (χ4v) is 3.18. The van der Waals surface area contributed by atoms with Crippen LogP contribution in [-0.2, 0) is 6.54 Å². The second kappa shape index (κ2) is 5.86. The Kier molecular flexibility index (Phi) is 4.55. The maximum Gasteiger partial charge on any atom is 0.178 e. The van der Waals surface area contributed by atoms with E-state index in [2.05, 4.69) is 32.7 Å². The van der Waals surface area contributed by atoms with Crippen LogP contribution >= 0.6 is 23.8 Å². The van der Waals surface area contributed by atoms with Gasteiger partial charge in [-0.2, -0.15) is 0 Å². The maximum atomic E-state index is 13.7. The summed E-state index contributed by atoms with van der Waals surface area (Å²) in [7, 11) is 0. The van der Waals surface area contributed by atoms with E-state index in [1.807, 2.05) is 4.57 Å². The van der Waals surface area contributed by atoms with Crippen molar-refractivity contribution in [3.8, 4) is 0 Å². The topological polar surface area (TPSA) is 20.7 Å². The van der Waals surface area contributed by atoms with Gasteiger partial charge in [-0.25, -0.2) is 4.39 Å². The highest BCUT2D eigenvalue weighted by molar-refractivity contribution is 7.71. The van der Waals surface area contributed by atoms with Crippen molar-refractivity contribution < 1.29 is 4.39 Å². The van der Waals surface area contributed by atoms with E-state index in [1.165, 1.54) is 6.07 Å². The van der Waals surface area contributed by atoms with Crippen LogP contribution in [0, 0.1) is 28.3 Å². The Bertz CT molecular complexity index is 664. The lowest BCUT2D eigenvalue weighted by Gasteiger charge is -2.25. The SMILES string of the molecule is CC(C)C(Cn1c(=S)[nH]c2cc(Cl)c(F)cc21)C(C)C. The van der Waals surface area contributed by atoms with Gasteiger partial charge in [0, 0.05) is 12.6 Å². The Balaban J connectivity index is 2.51. The minimum Gasteiger partial charge on any atom is -0.331 e. The Morgan fingerprint density at radius 1 is 1.25 bits per heavy atom. The zero-order valence-corrected chi connectivity index (χ0v) is 13.8. The predicted octanol–water partition coefficient (Wildman–Crippen LogP) is 5.42. The van der Waals surface area contributed by atoms with Crippen LogP contribution < -0.4 is 0 Å². The van der Waals surface area contributed by atoms with Gasteiger partial charge in [0.05, 0.1) is 16.1 Å². The molecule has 0 fully saturated rings. The van der Waals surface area contributed by atoms with Crippen LogP contribution in [0.5, 0.6) is 0 Å². The normalized spacial score (nSPS) is 12.2. The minimum atomic E-state index is -0.410. The molecule has 0 aliphatic carbocycles. The van der Waals surface area contributed by atoms with Gasteiger partial charge >= 0.3 is 0 Å². The molecule has 0 amide bonds. The zero-order valence-electron chi connectivity index (χ0n) is 12.2. The molecule has 2 rings (SSSR count). The molecule has 5 heteroatoms. The van der Waals surface area contributed by atoms with Gasteiger partial charge in [0.15, 0.2) is 4.77 Å². The molecule has 0 atom stereocenters. The number of hydrogen-bond acceptors (Lipinski definition) is 1. The average molecular weight is 315 g/mol. The van der Waals surface area contributed by atoms with Crippen LogP contribution in [0.25, 0.3) is 11.0 Å². The number of fused-ring (bicyclic) bond motifs is 1. The van der Waals surface area contributed by atoms with Crippen LogP contribution in [0.3, 0.4) is 0 Å². The third kappa shape index (κ3) is 2.91. The van der Waals surface area contributed by atoms with E-state index < -0.39 is 5.82 Å². The Hall–Kier alpha value is -0.870. The molecule has 0 saturated heterocycles. The van der Waals surface area contributed by atoms with Crippen molar-refractivity contribution in [3.05, 3.63) is 27.7 Å². The molecule has 0 unspecified atom stereocenters. The third-order valence-electron chi connectivity index (χ3n) is 3.92. The molecule has 0 saturated carbocycles. The molecule has 1 aromatic carbocycles. The second-order valence-corrected chi connectivity index (χ2v) is 6.77. The molecule has 2 nitrogen and oxygen atoms in total. The fourth-order valence-electron chi connectivity index (χ4n) is 2.74. The van der Waals surface area contributed by atoms with Crippen LogP contribution in [0.2, 0.25) is 5.02 Å². The number of aromatic nitrogens is 2. The molecule has 110 valence electrons. The first kappa shape index (κ1) is 15.5. The van der Waals surface area contributed by atoms with Gasteiger partial charge in [-0.15, -0.1) is 0 Å². The van der Waals surface area contributed by atoms with E-state index in [0.717, 1.165) is 17.6 Å². The predicted molar refractivity (Wildman–Crippen MR) is 85.3 cm³/mol. The lowest BCUT2D eigenvalue weighted by molar-refractivity contribution is 0.253. The maximum absolute atomic E-state index is 13.7. The highest BCUT2D eigenvalue weighted by atomic mass is 35.5. The summed E-state index contributed by atoms with van der Waals surface area (Å²) < 4.78 is 16.3. The summed E-state index contributed by atoms with van der Waals surface area (Å²) in [6, 6.07) is 3.06. The number of halogens is 2. The monoisotopic (exact) mass is 314 g/mol. The van der Waals surface area contributed by atoms with Gasteiger partial charge < -0.3 is 9.55 Å². The minimum absolute atomic E-state index is 0.116.